The standard InChI is InChI=1S/C12H14ClNO2/c1-14-3-2-8-6-10-11(16-5-4-15-10)7-9(8)12(14)13/h6-7,12H,2-5H2,1H3. The number of benzene rings is 1. The van der Waals surface area contributed by atoms with Crippen molar-refractivity contribution in [1.82, 2.24) is 4.90 Å². The van der Waals surface area contributed by atoms with E-state index in [1.807, 2.05) is 13.1 Å². The second-order valence-electron chi connectivity index (χ2n) is 4.26. The van der Waals surface area contributed by atoms with Crippen LogP contribution in [0.4, 0.5) is 0 Å². The molecule has 0 saturated carbocycles. The molecule has 2 aliphatic rings. The van der Waals surface area contributed by atoms with Crippen LogP contribution >= 0.6 is 11.6 Å². The molecule has 2 aliphatic heterocycles. The molecular weight excluding hydrogens is 226 g/mol. The zero-order chi connectivity index (χ0) is 11.1. The molecule has 1 aromatic carbocycles. The van der Waals surface area contributed by atoms with Crippen LogP contribution in [0.2, 0.25) is 0 Å². The number of fused-ring (bicyclic) bond motifs is 2. The summed E-state index contributed by atoms with van der Waals surface area (Å²) < 4.78 is 11.1. The molecule has 0 aromatic heterocycles. The van der Waals surface area contributed by atoms with Crippen molar-refractivity contribution in [2.75, 3.05) is 26.8 Å². The molecule has 0 saturated heterocycles. The van der Waals surface area contributed by atoms with E-state index in [-0.39, 0.29) is 5.50 Å². The van der Waals surface area contributed by atoms with E-state index in [2.05, 4.69) is 11.0 Å². The topological polar surface area (TPSA) is 21.7 Å². The minimum Gasteiger partial charge on any atom is -0.486 e. The molecule has 0 radical (unpaired) electrons. The molecule has 3 rings (SSSR count). The summed E-state index contributed by atoms with van der Waals surface area (Å²) in [5.74, 6) is 1.68. The largest absolute Gasteiger partial charge is 0.486 e. The third-order valence-electron chi connectivity index (χ3n) is 3.18. The molecule has 1 atom stereocenters. The number of hydrogen-bond acceptors (Lipinski definition) is 3. The fraction of sp³-hybridized carbons (Fsp3) is 0.500. The average molecular weight is 240 g/mol. The molecular formula is C12H14ClNO2. The quantitative estimate of drug-likeness (QED) is 0.512. The second kappa shape index (κ2) is 3.82. The van der Waals surface area contributed by atoms with Gasteiger partial charge >= 0.3 is 0 Å². The van der Waals surface area contributed by atoms with Crippen molar-refractivity contribution in [1.29, 1.82) is 0 Å². The van der Waals surface area contributed by atoms with Crippen LogP contribution in [0.25, 0.3) is 0 Å². The van der Waals surface area contributed by atoms with Crippen LogP contribution in [0.15, 0.2) is 12.1 Å². The van der Waals surface area contributed by atoms with E-state index in [1.54, 1.807) is 0 Å². The van der Waals surface area contributed by atoms with Gasteiger partial charge in [-0.3, -0.25) is 4.90 Å². The summed E-state index contributed by atoms with van der Waals surface area (Å²) in [4.78, 5) is 2.14. The fourth-order valence-electron chi connectivity index (χ4n) is 2.23. The van der Waals surface area contributed by atoms with Crippen LogP contribution in [0.3, 0.4) is 0 Å². The molecule has 0 N–H and O–H groups in total. The van der Waals surface area contributed by atoms with Crippen LogP contribution in [0, 0.1) is 0 Å². The first-order valence-electron chi connectivity index (χ1n) is 5.52. The monoisotopic (exact) mass is 239 g/mol. The van der Waals surface area contributed by atoms with Crippen LogP contribution in [0.5, 0.6) is 11.5 Å². The van der Waals surface area contributed by atoms with E-state index >= 15 is 0 Å². The molecule has 0 aliphatic carbocycles. The van der Waals surface area contributed by atoms with E-state index in [0.717, 1.165) is 30.0 Å². The minimum atomic E-state index is -0.0559. The van der Waals surface area contributed by atoms with Gasteiger partial charge in [-0.15, -0.1) is 11.6 Å². The number of rotatable bonds is 0. The number of likely N-dealkylation sites (N-methyl/N-ethyl adjacent to an activating group) is 1. The number of ether oxygens (including phenoxy) is 2. The van der Waals surface area contributed by atoms with E-state index in [4.69, 9.17) is 21.1 Å². The van der Waals surface area contributed by atoms with E-state index in [1.165, 1.54) is 5.56 Å². The Morgan fingerprint density at radius 3 is 2.69 bits per heavy atom. The summed E-state index contributed by atoms with van der Waals surface area (Å²) in [6, 6.07) is 4.10. The maximum Gasteiger partial charge on any atom is 0.161 e. The Labute approximate surface area is 99.9 Å². The summed E-state index contributed by atoms with van der Waals surface area (Å²) in [6.45, 7) is 2.24. The zero-order valence-corrected chi connectivity index (χ0v) is 9.96. The SMILES string of the molecule is CN1CCc2cc3c(cc2C1Cl)OCCO3. The molecule has 1 unspecified atom stereocenters. The maximum absolute atomic E-state index is 6.37. The summed E-state index contributed by atoms with van der Waals surface area (Å²) in [7, 11) is 2.04. The molecule has 0 bridgehead atoms. The van der Waals surface area contributed by atoms with Gasteiger partial charge in [0.1, 0.15) is 18.7 Å². The maximum atomic E-state index is 6.37. The van der Waals surface area contributed by atoms with Crippen molar-refractivity contribution in [3.63, 3.8) is 0 Å². The number of hydrogen-bond donors (Lipinski definition) is 0. The van der Waals surface area contributed by atoms with Gasteiger partial charge in [0.2, 0.25) is 0 Å². The van der Waals surface area contributed by atoms with Gasteiger partial charge in [-0.25, -0.2) is 0 Å². The van der Waals surface area contributed by atoms with Crippen molar-refractivity contribution >= 4 is 11.6 Å². The van der Waals surface area contributed by atoms with E-state index < -0.39 is 0 Å². The van der Waals surface area contributed by atoms with Crippen LogP contribution in [-0.2, 0) is 6.42 Å². The van der Waals surface area contributed by atoms with Gasteiger partial charge in [0.25, 0.3) is 0 Å². The lowest BCUT2D eigenvalue weighted by molar-refractivity contribution is 0.170. The van der Waals surface area contributed by atoms with E-state index in [9.17, 15) is 0 Å². The second-order valence-corrected chi connectivity index (χ2v) is 4.67. The normalized spacial score (nSPS) is 24.0. The molecule has 0 fully saturated rings. The molecule has 1 aromatic rings. The summed E-state index contributed by atoms with van der Waals surface area (Å²) >= 11 is 6.37. The number of halogens is 1. The van der Waals surface area contributed by atoms with Crippen molar-refractivity contribution in [2.24, 2.45) is 0 Å². The number of nitrogens with zero attached hydrogens (tertiary/aromatic N) is 1. The van der Waals surface area contributed by atoms with Crippen molar-refractivity contribution in [3.05, 3.63) is 23.3 Å². The molecule has 4 heteroatoms. The molecule has 2 heterocycles. The fourth-order valence-corrected chi connectivity index (χ4v) is 2.53. The third kappa shape index (κ3) is 1.55. The Hall–Kier alpha value is -0.930. The Balaban J connectivity index is 2.06. The Bertz CT molecular complexity index is 422. The van der Waals surface area contributed by atoms with Gasteiger partial charge in [0.15, 0.2) is 11.5 Å². The molecule has 0 spiro atoms. The van der Waals surface area contributed by atoms with E-state index in [0.29, 0.717) is 13.2 Å². The Morgan fingerprint density at radius 1 is 1.25 bits per heavy atom. The first-order chi connectivity index (χ1) is 7.75. The van der Waals surface area contributed by atoms with Gasteiger partial charge in [-0.2, -0.15) is 0 Å². The predicted octanol–water partition coefficient (Wildman–Crippen LogP) is 2.18. The van der Waals surface area contributed by atoms with Crippen LogP contribution < -0.4 is 9.47 Å². The summed E-state index contributed by atoms with van der Waals surface area (Å²) in [6.07, 6.45) is 1.02. The van der Waals surface area contributed by atoms with Gasteiger partial charge in [-0.05, 0) is 36.7 Å². The zero-order valence-electron chi connectivity index (χ0n) is 9.20. The Morgan fingerprint density at radius 2 is 1.94 bits per heavy atom. The lowest BCUT2D eigenvalue weighted by Gasteiger charge is -2.31. The minimum absolute atomic E-state index is 0.0559. The molecule has 86 valence electrons. The van der Waals surface area contributed by atoms with Gasteiger partial charge in [-0.1, -0.05) is 0 Å². The first kappa shape index (κ1) is 10.2. The lowest BCUT2D eigenvalue weighted by atomic mass is 9.99. The summed E-state index contributed by atoms with van der Waals surface area (Å²) in [5, 5.41) is 0. The van der Waals surface area contributed by atoms with Gasteiger partial charge < -0.3 is 9.47 Å². The van der Waals surface area contributed by atoms with Crippen LogP contribution in [0.1, 0.15) is 16.6 Å². The molecule has 0 amide bonds. The van der Waals surface area contributed by atoms with Crippen molar-refractivity contribution < 1.29 is 9.47 Å². The van der Waals surface area contributed by atoms with Crippen LogP contribution in [-0.4, -0.2) is 31.7 Å². The highest BCUT2D eigenvalue weighted by molar-refractivity contribution is 6.20. The van der Waals surface area contributed by atoms with Crippen molar-refractivity contribution in [3.8, 4) is 11.5 Å². The lowest BCUT2D eigenvalue weighted by Crippen LogP contribution is -2.29. The highest BCUT2D eigenvalue weighted by Gasteiger charge is 2.25. The van der Waals surface area contributed by atoms with Gasteiger partial charge in [0, 0.05) is 6.54 Å². The number of alkyl halides is 1. The summed E-state index contributed by atoms with van der Waals surface area (Å²) in [5.41, 5.74) is 2.38. The van der Waals surface area contributed by atoms with Crippen molar-refractivity contribution in [2.45, 2.75) is 11.9 Å². The average Bonchev–Trinajstić information content (AvgIpc) is 2.32. The Kier molecular flexibility index (Phi) is 2.45. The third-order valence-corrected chi connectivity index (χ3v) is 3.75. The highest BCUT2D eigenvalue weighted by atomic mass is 35.5. The van der Waals surface area contributed by atoms with Gasteiger partial charge in [0.05, 0.1) is 0 Å². The molecule has 3 nitrogen and oxygen atoms in total. The molecule has 16 heavy (non-hydrogen) atoms. The first-order valence-corrected chi connectivity index (χ1v) is 5.96. The highest BCUT2D eigenvalue weighted by Crippen LogP contribution is 2.40. The smallest absolute Gasteiger partial charge is 0.161 e. The predicted molar refractivity (Wildman–Crippen MR) is 62.4 cm³/mol.